The van der Waals surface area contributed by atoms with Gasteiger partial charge >= 0.3 is 0 Å². The summed E-state index contributed by atoms with van der Waals surface area (Å²) in [7, 11) is 0. The number of nitrogens with zero attached hydrogens (tertiary/aromatic N) is 1. The predicted molar refractivity (Wildman–Crippen MR) is 61.3 cm³/mol. The van der Waals surface area contributed by atoms with Gasteiger partial charge in [-0.2, -0.15) is 0 Å². The molecule has 3 aliphatic rings. The molecule has 2 heterocycles. The van der Waals surface area contributed by atoms with Crippen LogP contribution in [-0.4, -0.2) is 22.5 Å². The monoisotopic (exact) mass is 204 g/mol. The summed E-state index contributed by atoms with van der Waals surface area (Å²) in [6, 6.07) is -5.03. The van der Waals surface area contributed by atoms with Crippen LogP contribution in [0.15, 0.2) is 0 Å². The molecule has 2 unspecified atom stereocenters. The summed E-state index contributed by atoms with van der Waals surface area (Å²) in [5, 5.41) is 0. The topological polar surface area (TPSA) is 3.24 Å². The average Bonchev–Trinajstić information content (AvgIpc) is 2.32. The van der Waals surface area contributed by atoms with Crippen molar-refractivity contribution in [2.24, 2.45) is 11.8 Å². The first-order valence-electron chi connectivity index (χ1n) is 9.61. The summed E-state index contributed by atoms with van der Waals surface area (Å²) in [4.78, 5) is 0.974. The van der Waals surface area contributed by atoms with E-state index in [4.69, 9.17) is 12.3 Å². The second-order valence-electron chi connectivity index (χ2n) is 5.15. The fourth-order valence-electron chi connectivity index (χ4n) is 1.70. The van der Waals surface area contributed by atoms with E-state index in [1.165, 1.54) is 13.8 Å². The van der Waals surface area contributed by atoms with E-state index < -0.39 is 48.5 Å². The fourth-order valence-corrected chi connectivity index (χ4v) is 1.70. The molecule has 2 aliphatic heterocycles. The average molecular weight is 204 g/mol. The molecule has 1 heteroatoms. The second kappa shape index (κ2) is 3.23. The van der Waals surface area contributed by atoms with E-state index in [0.29, 0.717) is 0 Å². The number of rotatable bonds is 1. The fraction of sp³-hybridized carbons (Fsp3) is 1.00. The number of hydrogen-bond acceptors (Lipinski definition) is 1. The van der Waals surface area contributed by atoms with Crippen molar-refractivity contribution >= 4 is 0 Å². The van der Waals surface area contributed by atoms with Gasteiger partial charge in [0.15, 0.2) is 0 Å². The highest BCUT2D eigenvalue weighted by atomic mass is 15.3. The molecule has 82 valence electrons. The normalized spacial score (nSPS) is 74.6. The van der Waals surface area contributed by atoms with E-state index in [1.54, 1.807) is 20.8 Å². The zero-order valence-electron chi connectivity index (χ0n) is 18.5. The standard InChI is InChI=1S/C13H25N/c1-9(2)10-6-11-8-12(7-10)14(11)13(3,4)5/h9-12H,6-8H2,1-5H3/i6D2,7D2,8D2,10D,11D,12D. The van der Waals surface area contributed by atoms with Crippen LogP contribution in [0.1, 0.15) is 66.1 Å². The van der Waals surface area contributed by atoms with Crippen molar-refractivity contribution in [1.29, 1.82) is 0 Å². The molecule has 1 nitrogen and oxygen atoms in total. The molecule has 1 saturated carbocycles. The van der Waals surface area contributed by atoms with Crippen LogP contribution >= 0.6 is 0 Å². The van der Waals surface area contributed by atoms with Crippen LogP contribution in [0.5, 0.6) is 0 Å². The largest absolute Gasteiger partial charge is 0.292 e. The molecular weight excluding hydrogens is 170 g/mol. The summed E-state index contributed by atoms with van der Waals surface area (Å²) in [5.41, 5.74) is -1.01. The third-order valence-electron chi connectivity index (χ3n) is 2.44. The van der Waals surface area contributed by atoms with Crippen molar-refractivity contribution in [3.05, 3.63) is 0 Å². The maximum atomic E-state index is 8.63. The molecule has 3 fully saturated rings. The van der Waals surface area contributed by atoms with Crippen LogP contribution in [0.3, 0.4) is 0 Å². The van der Waals surface area contributed by atoms with Crippen LogP contribution in [0.4, 0.5) is 0 Å². The summed E-state index contributed by atoms with van der Waals surface area (Å²) in [5.74, 6) is -3.25. The SMILES string of the molecule is [2H]C1([2H])C([2H])(C(C)C)C([2H])([2H])C2([2H])N(C(C)(C)C)C1([2H])C2([2H])[2H]. The van der Waals surface area contributed by atoms with Gasteiger partial charge in [-0.25, -0.2) is 0 Å². The Morgan fingerprint density at radius 3 is 2.07 bits per heavy atom. The van der Waals surface area contributed by atoms with Crippen LogP contribution in [0.25, 0.3) is 0 Å². The van der Waals surface area contributed by atoms with Crippen molar-refractivity contribution in [3.63, 3.8) is 0 Å². The molecule has 2 bridgehead atoms. The molecule has 3 rings (SSSR count). The maximum Gasteiger partial charge on any atom is 0.0468 e. The van der Waals surface area contributed by atoms with Gasteiger partial charge in [0.05, 0.1) is 0 Å². The van der Waals surface area contributed by atoms with Gasteiger partial charge in [-0.15, -0.1) is 0 Å². The van der Waals surface area contributed by atoms with Crippen LogP contribution in [0, 0.1) is 11.8 Å². The van der Waals surface area contributed by atoms with Crippen molar-refractivity contribution in [1.82, 2.24) is 4.90 Å². The highest BCUT2D eigenvalue weighted by Crippen LogP contribution is 2.47. The van der Waals surface area contributed by atoms with Gasteiger partial charge in [0, 0.05) is 29.9 Å². The van der Waals surface area contributed by atoms with Crippen molar-refractivity contribution < 1.29 is 12.3 Å². The number of piperidine rings is 1. The Morgan fingerprint density at radius 2 is 1.71 bits per heavy atom. The Morgan fingerprint density at radius 1 is 1.21 bits per heavy atom. The first kappa shape index (κ1) is 4.08. The molecule has 0 aromatic heterocycles. The zero-order chi connectivity index (χ0) is 18.7. The minimum atomic E-state index is -2.82. The van der Waals surface area contributed by atoms with E-state index in [-0.39, 0.29) is 0 Å². The van der Waals surface area contributed by atoms with E-state index in [2.05, 4.69) is 0 Å². The highest BCUT2D eigenvalue weighted by Gasteiger charge is 2.49. The predicted octanol–water partition coefficient (Wildman–Crippen LogP) is 3.29. The first-order valence-corrected chi connectivity index (χ1v) is 5.11. The maximum absolute atomic E-state index is 8.63. The van der Waals surface area contributed by atoms with Gasteiger partial charge in [-0.05, 0) is 51.7 Å². The molecule has 0 aromatic carbocycles. The van der Waals surface area contributed by atoms with Crippen molar-refractivity contribution in [2.75, 3.05) is 0 Å². The molecule has 1 aliphatic carbocycles. The summed E-state index contributed by atoms with van der Waals surface area (Å²) in [6.45, 7) is 7.78. The molecule has 0 spiro atoms. The minimum Gasteiger partial charge on any atom is -0.292 e. The zero-order valence-corrected chi connectivity index (χ0v) is 9.52. The molecule has 2 saturated heterocycles. The minimum absolute atomic E-state index is 0.833. The van der Waals surface area contributed by atoms with Gasteiger partial charge in [0.1, 0.15) is 0 Å². The van der Waals surface area contributed by atoms with Crippen molar-refractivity contribution in [2.45, 2.75) is 71.3 Å². The van der Waals surface area contributed by atoms with Crippen LogP contribution < -0.4 is 0 Å². The first-order chi connectivity index (χ1) is 9.81. The summed E-state index contributed by atoms with van der Waals surface area (Å²) < 4.78 is 76.0. The highest BCUT2D eigenvalue weighted by molar-refractivity contribution is 5.04. The summed E-state index contributed by atoms with van der Waals surface area (Å²) >= 11 is 0. The number of fused-ring (bicyclic) bond motifs is 2. The third kappa shape index (κ3) is 1.60. The summed E-state index contributed by atoms with van der Waals surface area (Å²) in [6.07, 6.45) is -8.41. The van der Waals surface area contributed by atoms with Crippen LogP contribution in [0.2, 0.25) is 0 Å². The molecule has 0 amide bonds. The van der Waals surface area contributed by atoms with Gasteiger partial charge < -0.3 is 0 Å². The quantitative estimate of drug-likeness (QED) is 0.633. The molecule has 0 radical (unpaired) electrons. The van der Waals surface area contributed by atoms with Gasteiger partial charge in [0.2, 0.25) is 0 Å². The molecule has 14 heavy (non-hydrogen) atoms. The lowest BCUT2D eigenvalue weighted by atomic mass is 9.68. The Balaban J connectivity index is 2.92. The Kier molecular flexibility index (Phi) is 0.942. The lowest BCUT2D eigenvalue weighted by Crippen LogP contribution is -2.67. The van der Waals surface area contributed by atoms with Crippen LogP contribution in [-0.2, 0) is 0 Å². The molecular formula is C13H25N. The Hall–Kier alpha value is -0.0400. The number of hydrogen-bond donors (Lipinski definition) is 0. The van der Waals surface area contributed by atoms with Gasteiger partial charge in [-0.1, -0.05) is 13.8 Å². The van der Waals surface area contributed by atoms with Gasteiger partial charge in [-0.3, -0.25) is 4.90 Å². The Labute approximate surface area is 102 Å². The lowest BCUT2D eigenvalue weighted by molar-refractivity contribution is -0.114. The lowest BCUT2D eigenvalue weighted by Gasteiger charge is -2.61. The van der Waals surface area contributed by atoms with Gasteiger partial charge in [0.25, 0.3) is 0 Å². The molecule has 0 N–H and O–H groups in total. The molecule has 2 atom stereocenters. The molecule has 0 aromatic rings. The van der Waals surface area contributed by atoms with Crippen molar-refractivity contribution in [3.8, 4) is 0 Å². The Bertz CT molecular complexity index is 506. The van der Waals surface area contributed by atoms with E-state index in [0.717, 1.165) is 4.90 Å². The van der Waals surface area contributed by atoms with E-state index >= 15 is 0 Å². The second-order valence-corrected chi connectivity index (χ2v) is 5.15. The third-order valence-corrected chi connectivity index (χ3v) is 2.44. The smallest absolute Gasteiger partial charge is 0.0468 e. The van der Waals surface area contributed by atoms with E-state index in [1.807, 2.05) is 0 Å². The van der Waals surface area contributed by atoms with E-state index in [9.17, 15) is 0 Å².